The Morgan fingerprint density at radius 2 is 1.80 bits per heavy atom. The molecular formula is C16H17N3Se. The molecule has 3 nitrogen and oxygen atoms in total. The van der Waals surface area contributed by atoms with Gasteiger partial charge in [0.25, 0.3) is 0 Å². The first-order valence-electron chi connectivity index (χ1n) is 6.67. The van der Waals surface area contributed by atoms with Gasteiger partial charge in [-0.15, -0.1) is 0 Å². The molecule has 0 aliphatic rings. The Morgan fingerprint density at radius 3 is 2.55 bits per heavy atom. The van der Waals surface area contributed by atoms with Crippen molar-refractivity contribution >= 4 is 31.7 Å². The molecule has 3 aromatic rings. The van der Waals surface area contributed by atoms with E-state index in [0.29, 0.717) is 0 Å². The molecule has 0 atom stereocenters. The Kier molecular flexibility index (Phi) is 3.60. The molecule has 0 aliphatic carbocycles. The van der Waals surface area contributed by atoms with Gasteiger partial charge in [0, 0.05) is 0 Å². The molecule has 0 aliphatic heterocycles. The maximum atomic E-state index is 4.50. The summed E-state index contributed by atoms with van der Waals surface area (Å²) < 4.78 is 8.92. The number of hydrogen-bond acceptors (Lipinski definition) is 3. The Morgan fingerprint density at radius 1 is 1.05 bits per heavy atom. The number of aryl methyl sites for hydroxylation is 3. The van der Waals surface area contributed by atoms with Gasteiger partial charge in [-0.3, -0.25) is 0 Å². The average Bonchev–Trinajstić information content (AvgIpc) is 2.86. The van der Waals surface area contributed by atoms with Crippen molar-refractivity contribution in [2.75, 3.05) is 5.32 Å². The molecule has 2 aromatic carbocycles. The summed E-state index contributed by atoms with van der Waals surface area (Å²) in [5.41, 5.74) is 8.50. The zero-order chi connectivity index (χ0) is 14.1. The third-order valence-corrected chi connectivity index (χ3v) is 4.72. The van der Waals surface area contributed by atoms with Crippen LogP contribution in [0.3, 0.4) is 0 Å². The number of nitrogens with one attached hydrogen (secondary N) is 1. The minimum atomic E-state index is 0.0236. The van der Waals surface area contributed by atoms with Crippen molar-refractivity contribution in [3.8, 4) is 0 Å². The van der Waals surface area contributed by atoms with Gasteiger partial charge >= 0.3 is 125 Å². The van der Waals surface area contributed by atoms with Crippen LogP contribution in [0.15, 0.2) is 30.3 Å². The van der Waals surface area contributed by atoms with Crippen LogP contribution in [0.4, 0.5) is 5.69 Å². The van der Waals surface area contributed by atoms with Crippen molar-refractivity contribution < 1.29 is 0 Å². The van der Waals surface area contributed by atoms with Gasteiger partial charge in [0.15, 0.2) is 0 Å². The second kappa shape index (κ2) is 5.39. The molecule has 102 valence electrons. The van der Waals surface area contributed by atoms with Crippen molar-refractivity contribution in [3.05, 3.63) is 52.6 Å². The van der Waals surface area contributed by atoms with E-state index in [1.165, 1.54) is 22.3 Å². The number of aromatic nitrogens is 2. The summed E-state index contributed by atoms with van der Waals surface area (Å²) >= 11 is 0.0236. The molecule has 1 aromatic heterocycles. The van der Waals surface area contributed by atoms with Crippen molar-refractivity contribution in [3.63, 3.8) is 0 Å². The minimum absolute atomic E-state index is 0.0236. The summed E-state index contributed by atoms with van der Waals surface area (Å²) in [5, 5.41) is 3.52. The molecule has 20 heavy (non-hydrogen) atoms. The number of fused-ring (bicyclic) bond motifs is 1. The topological polar surface area (TPSA) is 37.8 Å². The molecule has 1 N–H and O–H groups in total. The molecular weight excluding hydrogens is 313 g/mol. The number of hydrogen-bond donors (Lipinski definition) is 1. The quantitative estimate of drug-likeness (QED) is 0.749. The Bertz CT molecular complexity index is 738. The fourth-order valence-corrected chi connectivity index (χ4v) is 3.77. The monoisotopic (exact) mass is 331 g/mol. The van der Waals surface area contributed by atoms with Gasteiger partial charge in [0.2, 0.25) is 0 Å². The molecule has 0 radical (unpaired) electrons. The molecule has 1 heterocycles. The van der Waals surface area contributed by atoms with E-state index in [1.807, 2.05) is 12.1 Å². The normalized spacial score (nSPS) is 10.9. The van der Waals surface area contributed by atoms with Crippen LogP contribution >= 0.6 is 0 Å². The van der Waals surface area contributed by atoms with Gasteiger partial charge in [0.05, 0.1) is 0 Å². The molecule has 0 bridgehead atoms. The van der Waals surface area contributed by atoms with E-state index in [9.17, 15) is 0 Å². The predicted octanol–water partition coefficient (Wildman–Crippen LogP) is 3.22. The van der Waals surface area contributed by atoms with Gasteiger partial charge in [-0.1, -0.05) is 0 Å². The van der Waals surface area contributed by atoms with Crippen LogP contribution in [0.5, 0.6) is 0 Å². The Hall–Kier alpha value is -1.64. The number of nitrogens with zero attached hydrogens (tertiary/aromatic N) is 2. The van der Waals surface area contributed by atoms with Crippen LogP contribution in [-0.2, 0) is 6.54 Å². The van der Waals surface area contributed by atoms with E-state index in [1.54, 1.807) is 0 Å². The number of benzene rings is 2. The van der Waals surface area contributed by atoms with Gasteiger partial charge in [-0.2, -0.15) is 0 Å². The SMILES string of the molecule is Cc1cc(C)c(CNc2cccc3n[se]nc23)c(C)c1. The molecule has 0 spiro atoms. The van der Waals surface area contributed by atoms with Crippen molar-refractivity contribution in [2.45, 2.75) is 27.3 Å². The zero-order valence-corrected chi connectivity index (χ0v) is 13.6. The second-order valence-corrected chi connectivity index (χ2v) is 6.28. The van der Waals surface area contributed by atoms with Gasteiger partial charge in [-0.25, -0.2) is 0 Å². The van der Waals surface area contributed by atoms with Crippen LogP contribution < -0.4 is 5.32 Å². The zero-order valence-electron chi connectivity index (χ0n) is 11.9. The molecule has 4 heteroatoms. The maximum absolute atomic E-state index is 4.50. The predicted molar refractivity (Wildman–Crippen MR) is 84.5 cm³/mol. The fourth-order valence-electron chi connectivity index (χ4n) is 2.62. The third-order valence-electron chi connectivity index (χ3n) is 3.58. The van der Waals surface area contributed by atoms with Crippen molar-refractivity contribution in [2.24, 2.45) is 0 Å². The van der Waals surface area contributed by atoms with Crippen LogP contribution in [0.1, 0.15) is 22.3 Å². The van der Waals surface area contributed by atoms with Crippen LogP contribution in [0.2, 0.25) is 0 Å². The van der Waals surface area contributed by atoms with E-state index in [0.717, 1.165) is 23.3 Å². The van der Waals surface area contributed by atoms with E-state index < -0.39 is 0 Å². The standard InChI is InChI=1S/C16H17N3Se/c1-10-7-11(2)13(12(3)8-10)9-17-14-5-4-6-15-16(14)19-20-18-15/h4-8,17H,9H2,1-3H3. The Labute approximate surface area is 125 Å². The first kappa shape index (κ1) is 13.3. The third kappa shape index (κ3) is 2.49. The fraction of sp³-hybridized carbons (Fsp3) is 0.250. The first-order chi connectivity index (χ1) is 9.65. The van der Waals surface area contributed by atoms with Crippen molar-refractivity contribution in [1.82, 2.24) is 7.96 Å². The van der Waals surface area contributed by atoms with E-state index >= 15 is 0 Å². The molecule has 0 amide bonds. The molecule has 0 saturated heterocycles. The second-order valence-electron chi connectivity index (χ2n) is 5.17. The van der Waals surface area contributed by atoms with Gasteiger partial charge < -0.3 is 0 Å². The summed E-state index contributed by atoms with van der Waals surface area (Å²) in [6, 6.07) is 10.6. The van der Waals surface area contributed by atoms with Crippen LogP contribution in [-0.4, -0.2) is 22.9 Å². The van der Waals surface area contributed by atoms with Gasteiger partial charge in [-0.05, 0) is 0 Å². The summed E-state index contributed by atoms with van der Waals surface area (Å²) in [6.45, 7) is 7.32. The summed E-state index contributed by atoms with van der Waals surface area (Å²) in [5.74, 6) is 0. The van der Waals surface area contributed by atoms with Crippen LogP contribution in [0.25, 0.3) is 11.0 Å². The van der Waals surface area contributed by atoms with Crippen molar-refractivity contribution in [1.29, 1.82) is 0 Å². The summed E-state index contributed by atoms with van der Waals surface area (Å²) in [7, 11) is 0. The van der Waals surface area contributed by atoms with E-state index in [4.69, 9.17) is 0 Å². The molecule has 0 unspecified atom stereocenters. The summed E-state index contributed by atoms with van der Waals surface area (Å²) in [4.78, 5) is 0. The van der Waals surface area contributed by atoms with Gasteiger partial charge in [0.1, 0.15) is 0 Å². The first-order valence-corrected chi connectivity index (χ1v) is 8.20. The van der Waals surface area contributed by atoms with E-state index in [-0.39, 0.29) is 15.0 Å². The molecule has 0 fully saturated rings. The number of anilines is 1. The Balaban J connectivity index is 1.89. The number of rotatable bonds is 3. The van der Waals surface area contributed by atoms with Crippen LogP contribution in [0, 0.1) is 20.8 Å². The molecule has 0 saturated carbocycles. The van der Waals surface area contributed by atoms with E-state index in [2.05, 4.69) is 52.2 Å². The average molecular weight is 330 g/mol. The summed E-state index contributed by atoms with van der Waals surface area (Å²) in [6.07, 6.45) is 0. The molecule has 3 rings (SSSR count).